The molecule has 0 aliphatic heterocycles. The van der Waals surface area contributed by atoms with Gasteiger partial charge in [-0.3, -0.25) is 4.79 Å². The highest BCUT2D eigenvalue weighted by molar-refractivity contribution is 5.97. The summed E-state index contributed by atoms with van der Waals surface area (Å²) in [5, 5.41) is 0.742. The molecule has 0 aliphatic carbocycles. The lowest BCUT2D eigenvalue weighted by Gasteiger charge is -1.97. The van der Waals surface area contributed by atoms with Gasteiger partial charge in [-0.2, -0.15) is 0 Å². The summed E-state index contributed by atoms with van der Waals surface area (Å²) < 4.78 is 18.1. The Kier molecular flexibility index (Phi) is 1.65. The molecule has 2 aromatic rings. The number of ketones is 1. The first kappa shape index (κ1) is 7.98. The third-order valence-electron chi connectivity index (χ3n) is 1.92. The molecule has 13 heavy (non-hydrogen) atoms. The number of hydrogen-bond acceptors (Lipinski definition) is 2. The first-order valence-corrected chi connectivity index (χ1v) is 3.86. The fraction of sp³-hybridized carbons (Fsp3) is 0.100. The van der Waals surface area contributed by atoms with Crippen LogP contribution in [0.5, 0.6) is 0 Å². The van der Waals surface area contributed by atoms with Gasteiger partial charge < -0.3 is 4.42 Å². The average molecular weight is 178 g/mol. The summed E-state index contributed by atoms with van der Waals surface area (Å²) in [6, 6.07) is 4.42. The van der Waals surface area contributed by atoms with Crippen molar-refractivity contribution in [2.24, 2.45) is 0 Å². The van der Waals surface area contributed by atoms with Crippen LogP contribution in [0.25, 0.3) is 11.0 Å². The van der Waals surface area contributed by atoms with E-state index in [-0.39, 0.29) is 11.3 Å². The Morgan fingerprint density at radius 2 is 2.23 bits per heavy atom. The number of hydrogen-bond donors (Lipinski definition) is 0. The minimum absolute atomic E-state index is 0.105. The lowest BCUT2D eigenvalue weighted by molar-refractivity contribution is 0.101. The third-order valence-corrected chi connectivity index (χ3v) is 1.92. The van der Waals surface area contributed by atoms with Gasteiger partial charge in [0.05, 0.1) is 11.8 Å². The second kappa shape index (κ2) is 2.69. The van der Waals surface area contributed by atoms with Crippen LogP contribution in [-0.4, -0.2) is 5.78 Å². The van der Waals surface area contributed by atoms with Gasteiger partial charge in [-0.25, -0.2) is 4.39 Å². The Morgan fingerprint density at radius 3 is 2.92 bits per heavy atom. The largest absolute Gasteiger partial charge is 0.464 e. The highest BCUT2D eigenvalue weighted by Gasteiger charge is 2.09. The van der Waals surface area contributed by atoms with Crippen molar-refractivity contribution in [3.63, 3.8) is 0 Å². The Balaban J connectivity index is 2.76. The molecule has 0 N–H and O–H groups in total. The number of Topliss-reactive ketones (excluding diaryl/α,β-unsaturated/α-hetero) is 1. The molecule has 0 fully saturated rings. The van der Waals surface area contributed by atoms with Crippen LogP contribution in [0.15, 0.2) is 28.9 Å². The maximum atomic E-state index is 13.2. The van der Waals surface area contributed by atoms with Gasteiger partial charge in [-0.05, 0) is 19.1 Å². The van der Waals surface area contributed by atoms with E-state index in [9.17, 15) is 9.18 Å². The summed E-state index contributed by atoms with van der Waals surface area (Å²) in [5.74, 6) is -0.810. The average Bonchev–Trinajstić information content (AvgIpc) is 2.48. The Morgan fingerprint density at radius 1 is 1.46 bits per heavy atom. The number of carbonyl (C=O) groups is 1. The molecule has 2 nitrogen and oxygen atoms in total. The molecule has 0 amide bonds. The Bertz CT molecular complexity index is 471. The molecule has 0 bridgehead atoms. The van der Waals surface area contributed by atoms with E-state index in [0.717, 1.165) is 5.39 Å². The topological polar surface area (TPSA) is 30.2 Å². The molecule has 0 radical (unpaired) electrons. The third kappa shape index (κ3) is 1.22. The SMILES string of the molecule is CC(=O)c1cc2ccoc2cc1F. The molecule has 0 saturated heterocycles. The zero-order valence-corrected chi connectivity index (χ0v) is 7.00. The van der Waals surface area contributed by atoms with E-state index in [1.54, 1.807) is 6.07 Å². The summed E-state index contributed by atoms with van der Waals surface area (Å²) in [6.07, 6.45) is 1.47. The molecule has 0 aliphatic rings. The Hall–Kier alpha value is -1.64. The second-order valence-electron chi connectivity index (χ2n) is 2.85. The lowest BCUT2D eigenvalue weighted by atomic mass is 10.1. The van der Waals surface area contributed by atoms with Crippen LogP contribution >= 0.6 is 0 Å². The van der Waals surface area contributed by atoms with Crippen LogP contribution in [0.1, 0.15) is 17.3 Å². The molecule has 1 heterocycles. The molecule has 1 aromatic heterocycles. The van der Waals surface area contributed by atoms with Gasteiger partial charge in [0.25, 0.3) is 0 Å². The van der Waals surface area contributed by atoms with E-state index in [1.807, 2.05) is 0 Å². The lowest BCUT2D eigenvalue weighted by Crippen LogP contribution is -1.95. The highest BCUT2D eigenvalue weighted by atomic mass is 19.1. The number of halogens is 1. The number of carbonyl (C=O) groups excluding carboxylic acids is 1. The molecule has 0 saturated carbocycles. The van der Waals surface area contributed by atoms with Crippen LogP contribution in [0.3, 0.4) is 0 Å². The van der Waals surface area contributed by atoms with Crippen molar-refractivity contribution >= 4 is 16.8 Å². The minimum atomic E-state index is -0.532. The van der Waals surface area contributed by atoms with Gasteiger partial charge in [-0.15, -0.1) is 0 Å². The van der Waals surface area contributed by atoms with Crippen LogP contribution in [0.4, 0.5) is 4.39 Å². The zero-order valence-electron chi connectivity index (χ0n) is 7.00. The zero-order chi connectivity index (χ0) is 9.42. The summed E-state index contributed by atoms with van der Waals surface area (Å²) in [7, 11) is 0. The molecule has 1 aromatic carbocycles. The predicted molar refractivity (Wildman–Crippen MR) is 46.2 cm³/mol. The summed E-state index contributed by atoms with van der Waals surface area (Å²) in [4.78, 5) is 11.0. The standard InChI is InChI=1S/C10H7FO2/c1-6(12)8-4-7-2-3-13-10(7)5-9(8)11/h2-5H,1H3. The molecule has 2 rings (SSSR count). The van der Waals surface area contributed by atoms with E-state index >= 15 is 0 Å². The molecule has 66 valence electrons. The first-order chi connectivity index (χ1) is 6.18. The maximum absolute atomic E-state index is 13.2. The summed E-state index contributed by atoms with van der Waals surface area (Å²) in [5.41, 5.74) is 0.566. The van der Waals surface area contributed by atoms with E-state index < -0.39 is 5.82 Å². The monoisotopic (exact) mass is 178 g/mol. The van der Waals surface area contributed by atoms with E-state index in [4.69, 9.17) is 4.42 Å². The Labute approximate surface area is 74.0 Å². The smallest absolute Gasteiger partial charge is 0.162 e. The molecular weight excluding hydrogens is 171 g/mol. The van der Waals surface area contributed by atoms with Gasteiger partial charge in [0.2, 0.25) is 0 Å². The molecule has 0 spiro atoms. The van der Waals surface area contributed by atoms with Crippen LogP contribution in [-0.2, 0) is 0 Å². The van der Waals surface area contributed by atoms with Gasteiger partial charge in [0, 0.05) is 11.5 Å². The molecule has 0 atom stereocenters. The van der Waals surface area contributed by atoms with Crippen molar-refractivity contribution in [1.82, 2.24) is 0 Å². The van der Waals surface area contributed by atoms with Crippen molar-refractivity contribution in [3.8, 4) is 0 Å². The fourth-order valence-corrected chi connectivity index (χ4v) is 1.25. The van der Waals surface area contributed by atoms with Crippen LogP contribution in [0.2, 0.25) is 0 Å². The van der Waals surface area contributed by atoms with Crippen molar-refractivity contribution in [1.29, 1.82) is 0 Å². The predicted octanol–water partition coefficient (Wildman–Crippen LogP) is 2.77. The molecule has 3 heteroatoms. The fourth-order valence-electron chi connectivity index (χ4n) is 1.25. The van der Waals surface area contributed by atoms with Gasteiger partial charge in [-0.1, -0.05) is 0 Å². The normalized spacial score (nSPS) is 10.6. The van der Waals surface area contributed by atoms with Gasteiger partial charge >= 0.3 is 0 Å². The minimum Gasteiger partial charge on any atom is -0.464 e. The quantitative estimate of drug-likeness (QED) is 0.628. The number of rotatable bonds is 1. The number of benzene rings is 1. The van der Waals surface area contributed by atoms with Crippen LogP contribution < -0.4 is 0 Å². The van der Waals surface area contributed by atoms with E-state index in [0.29, 0.717) is 5.58 Å². The van der Waals surface area contributed by atoms with Crippen LogP contribution in [0, 0.1) is 5.82 Å². The van der Waals surface area contributed by atoms with Crippen molar-refractivity contribution < 1.29 is 13.6 Å². The van der Waals surface area contributed by atoms with Gasteiger partial charge in [0.15, 0.2) is 5.78 Å². The maximum Gasteiger partial charge on any atom is 0.162 e. The van der Waals surface area contributed by atoms with Crippen molar-refractivity contribution in [2.75, 3.05) is 0 Å². The molecular formula is C10H7FO2. The van der Waals surface area contributed by atoms with Crippen molar-refractivity contribution in [2.45, 2.75) is 6.92 Å². The number of fused-ring (bicyclic) bond motifs is 1. The second-order valence-corrected chi connectivity index (χ2v) is 2.85. The van der Waals surface area contributed by atoms with Crippen molar-refractivity contribution in [3.05, 3.63) is 35.8 Å². The van der Waals surface area contributed by atoms with Gasteiger partial charge in [0.1, 0.15) is 11.4 Å². The first-order valence-electron chi connectivity index (χ1n) is 3.86. The molecule has 0 unspecified atom stereocenters. The summed E-state index contributed by atoms with van der Waals surface area (Å²) >= 11 is 0. The highest BCUT2D eigenvalue weighted by Crippen LogP contribution is 2.20. The van der Waals surface area contributed by atoms with E-state index in [1.165, 1.54) is 25.3 Å². The number of furan rings is 1. The van der Waals surface area contributed by atoms with E-state index in [2.05, 4.69) is 0 Å². The summed E-state index contributed by atoms with van der Waals surface area (Å²) in [6.45, 7) is 1.34.